The molecule has 1 N–H and O–H groups in total. The molecule has 0 amide bonds. The first kappa shape index (κ1) is 37.3. The molecule has 4 heteroatoms. The Morgan fingerprint density at radius 2 is 1.19 bits per heavy atom. The minimum absolute atomic E-state index is 0. The molecule has 5 fully saturated rings. The number of hydrogen-bond acceptors (Lipinski definition) is 1. The summed E-state index contributed by atoms with van der Waals surface area (Å²) in [6.45, 7) is 21.0. The van der Waals surface area contributed by atoms with Crippen molar-refractivity contribution in [1.29, 1.82) is 0 Å². The van der Waals surface area contributed by atoms with Crippen LogP contribution in [0.3, 0.4) is 0 Å². The number of aromatic hydroxyl groups is 1. The number of allylic oxidation sites excluding steroid dienone is 10. The van der Waals surface area contributed by atoms with Crippen LogP contribution in [0.25, 0.3) is 5.57 Å². The number of phenolic OH excluding ortho intramolecular Hbond substituents is 1. The third-order valence-electron chi connectivity index (χ3n) is 12.7. The molecule has 0 aromatic heterocycles. The number of fused-ring (bicyclic) bond motifs is 3. The van der Waals surface area contributed by atoms with Crippen molar-refractivity contribution in [2.24, 2.45) is 58.2 Å². The molecule has 4 atom stereocenters. The van der Waals surface area contributed by atoms with E-state index in [1.165, 1.54) is 71.9 Å². The van der Waals surface area contributed by atoms with Gasteiger partial charge in [-0.1, -0.05) is 89.6 Å². The van der Waals surface area contributed by atoms with Crippen LogP contribution in [0.5, 0.6) is 5.75 Å². The topological polar surface area (TPSA) is 20.2 Å². The predicted octanol–water partition coefficient (Wildman–Crippen LogP) is 13.0. The van der Waals surface area contributed by atoms with E-state index in [-0.39, 0.29) is 23.7 Å². The number of hydrogen-bond donors (Lipinski definition) is 1. The van der Waals surface area contributed by atoms with Crippen molar-refractivity contribution in [3.8, 4) is 5.75 Å². The summed E-state index contributed by atoms with van der Waals surface area (Å²) in [5, 5.41) is 12.5. The van der Waals surface area contributed by atoms with Gasteiger partial charge in [-0.2, -0.15) is 0 Å². The van der Waals surface area contributed by atoms with E-state index in [0.29, 0.717) is 35.3 Å². The molecular weight excluding hydrogens is 651 g/mol. The van der Waals surface area contributed by atoms with Gasteiger partial charge in [-0.05, 0) is 151 Å². The molecule has 47 heavy (non-hydrogen) atoms. The van der Waals surface area contributed by atoms with Gasteiger partial charge in [-0.25, -0.2) is 0 Å². The maximum absolute atomic E-state index is 12.5. The Kier molecular flexibility index (Phi) is 10.8. The average molecular weight is 711 g/mol. The first-order valence-electron chi connectivity index (χ1n) is 17.9. The molecule has 7 aliphatic carbocycles. The first-order chi connectivity index (χ1) is 21.6. The Morgan fingerprint density at radius 1 is 0.766 bits per heavy atom. The molecular formula is C43H59Cl2OTi-. The van der Waals surface area contributed by atoms with E-state index < -0.39 is 17.0 Å². The molecule has 1 aromatic rings. The summed E-state index contributed by atoms with van der Waals surface area (Å²) in [4.78, 5) is 0. The number of halogens is 2. The van der Waals surface area contributed by atoms with Gasteiger partial charge in [0.15, 0.2) is 0 Å². The van der Waals surface area contributed by atoms with Crippen molar-refractivity contribution < 1.29 is 22.1 Å². The second kappa shape index (κ2) is 13.6. The SMILES string of the molecule is CC(C)=C(c1cc(C)cc(C23CC4CC(CC(C4)C2)C3)c1O)C1C2C=C(C(C)(C)C)C=CC2C2C=CC(C(C)(C)C)=CC21.[CH3-].[Cl][Ti][Cl]. The maximum atomic E-state index is 12.5. The van der Waals surface area contributed by atoms with Crippen molar-refractivity contribution in [2.45, 2.75) is 106 Å². The van der Waals surface area contributed by atoms with Crippen molar-refractivity contribution in [2.75, 3.05) is 0 Å². The van der Waals surface area contributed by atoms with Crippen LogP contribution in [0.1, 0.15) is 111 Å². The third kappa shape index (κ3) is 6.88. The van der Waals surface area contributed by atoms with Crippen molar-refractivity contribution in [1.82, 2.24) is 0 Å². The zero-order chi connectivity index (χ0) is 33.3. The van der Waals surface area contributed by atoms with Crippen LogP contribution in [0, 0.1) is 72.5 Å². The van der Waals surface area contributed by atoms with Crippen molar-refractivity contribution >= 4 is 24.2 Å². The van der Waals surface area contributed by atoms with Gasteiger partial charge >= 0.3 is 35.6 Å². The van der Waals surface area contributed by atoms with Crippen LogP contribution in [-0.4, -0.2) is 5.11 Å². The van der Waals surface area contributed by atoms with Gasteiger partial charge in [-0.3, -0.25) is 0 Å². The fourth-order valence-electron chi connectivity index (χ4n) is 11.1. The van der Waals surface area contributed by atoms with Crippen LogP contribution in [0.15, 0.2) is 65.3 Å². The molecule has 4 bridgehead atoms. The molecule has 0 spiro atoms. The van der Waals surface area contributed by atoms with Crippen molar-refractivity contribution in [3.05, 3.63) is 89.4 Å². The Balaban J connectivity index is 0.00000105. The molecule has 0 heterocycles. The van der Waals surface area contributed by atoms with E-state index in [1.54, 1.807) is 0 Å². The number of benzene rings is 1. The molecule has 5 saturated carbocycles. The van der Waals surface area contributed by atoms with E-state index in [9.17, 15) is 5.11 Å². The zero-order valence-corrected chi connectivity index (χ0v) is 33.8. The van der Waals surface area contributed by atoms with Gasteiger partial charge in [0.25, 0.3) is 0 Å². The fourth-order valence-corrected chi connectivity index (χ4v) is 11.1. The zero-order valence-electron chi connectivity index (χ0n) is 30.7. The summed E-state index contributed by atoms with van der Waals surface area (Å²) in [6.07, 6.45) is 23.4. The summed E-state index contributed by atoms with van der Waals surface area (Å²) in [7, 11) is 9.78. The predicted molar refractivity (Wildman–Crippen MR) is 200 cm³/mol. The Labute approximate surface area is 304 Å². The minimum atomic E-state index is -0.556. The third-order valence-corrected chi connectivity index (χ3v) is 12.7. The summed E-state index contributed by atoms with van der Waals surface area (Å²) in [6, 6.07) is 4.72. The Hall–Kier alpha value is -0.986. The molecule has 1 nitrogen and oxygen atoms in total. The summed E-state index contributed by atoms with van der Waals surface area (Å²) >= 11 is -0.556. The van der Waals surface area contributed by atoms with Gasteiger partial charge in [0, 0.05) is 11.1 Å². The number of rotatable bonds is 3. The van der Waals surface area contributed by atoms with Gasteiger partial charge < -0.3 is 12.5 Å². The van der Waals surface area contributed by atoms with E-state index in [0.717, 1.165) is 23.3 Å². The number of phenols is 1. The molecule has 0 radical (unpaired) electrons. The summed E-state index contributed by atoms with van der Waals surface area (Å²) < 4.78 is 0. The average Bonchev–Trinajstić information content (AvgIpc) is 3.26. The van der Waals surface area contributed by atoms with Gasteiger partial charge in [0.05, 0.1) is 0 Å². The molecule has 0 saturated heterocycles. The Bertz CT molecular complexity index is 1420. The standard InChI is InChI=1S/C42H56O.CH3.2ClH.Ti/c1-24(2)37(35-14-25(3)15-36(39(35)43)42-21-26-16-27(22-42)18-28(17-26)23-42)38-33-19-29(40(4,5)6)10-12-31(33)32-13-11-30(20-34(32)38)41(7,8)9;;;;/h10-15,19-20,26-28,31-34,38,43H,16-18,21-23H2,1-9H3;1H3;2*1H;/q;-1;;;+2/p-2. The van der Waals surface area contributed by atoms with E-state index in [4.69, 9.17) is 18.6 Å². The molecule has 1 aromatic carbocycles. The monoisotopic (exact) mass is 709 g/mol. The van der Waals surface area contributed by atoms with Crippen LogP contribution in [-0.2, 0) is 22.4 Å². The van der Waals surface area contributed by atoms with Crippen LogP contribution in [0.2, 0.25) is 0 Å². The molecule has 4 unspecified atom stereocenters. The van der Waals surface area contributed by atoms with E-state index in [2.05, 4.69) is 111 Å². The molecule has 256 valence electrons. The molecule has 7 aliphatic rings. The Morgan fingerprint density at radius 3 is 1.57 bits per heavy atom. The van der Waals surface area contributed by atoms with Crippen molar-refractivity contribution in [3.63, 3.8) is 0 Å². The quantitative estimate of drug-likeness (QED) is 0.245. The van der Waals surface area contributed by atoms with Crippen LogP contribution >= 0.6 is 18.6 Å². The van der Waals surface area contributed by atoms with Gasteiger partial charge in [-0.15, -0.1) is 0 Å². The second-order valence-corrected chi connectivity index (χ2v) is 20.8. The normalized spacial score (nSPS) is 34.7. The summed E-state index contributed by atoms with van der Waals surface area (Å²) in [5.41, 5.74) is 9.83. The fraction of sp³-hybridized carbons (Fsp3) is 0.605. The summed E-state index contributed by atoms with van der Waals surface area (Å²) in [5.74, 6) is 5.34. The van der Waals surface area contributed by atoms with Gasteiger partial charge in [0.2, 0.25) is 0 Å². The van der Waals surface area contributed by atoms with E-state index >= 15 is 0 Å². The molecule has 8 rings (SSSR count). The molecule has 0 aliphatic heterocycles. The second-order valence-electron chi connectivity index (χ2n) is 18.2. The van der Waals surface area contributed by atoms with Crippen LogP contribution in [0.4, 0.5) is 0 Å². The number of aryl methyl sites for hydroxylation is 1. The van der Waals surface area contributed by atoms with Crippen LogP contribution < -0.4 is 0 Å². The van der Waals surface area contributed by atoms with Gasteiger partial charge in [0.1, 0.15) is 5.75 Å². The first-order valence-corrected chi connectivity index (χ1v) is 22.1. The van der Waals surface area contributed by atoms with E-state index in [1.807, 2.05) is 0 Å².